The number of para-hydroxylation sites is 1. The van der Waals surface area contributed by atoms with Crippen LogP contribution in [0.1, 0.15) is 25.8 Å². The van der Waals surface area contributed by atoms with Gasteiger partial charge in [-0.15, -0.1) is 5.10 Å². The fraction of sp³-hybridized carbons (Fsp3) is 0.286. The van der Waals surface area contributed by atoms with Gasteiger partial charge in [0.05, 0.1) is 12.6 Å². The van der Waals surface area contributed by atoms with Gasteiger partial charge in [-0.25, -0.2) is 4.68 Å². The lowest BCUT2D eigenvalue weighted by molar-refractivity contribution is -0.146. The summed E-state index contributed by atoms with van der Waals surface area (Å²) in [5.41, 5.74) is 1.68. The Morgan fingerprint density at radius 3 is 2.61 bits per heavy atom. The van der Waals surface area contributed by atoms with Crippen molar-refractivity contribution < 1.29 is 23.8 Å². The molecule has 1 unspecified atom stereocenters. The molecule has 10 heteroatoms. The first-order chi connectivity index (χ1) is 18.4. The van der Waals surface area contributed by atoms with Crippen LogP contribution in [0.4, 0.5) is 5.69 Å². The number of amides is 2. The van der Waals surface area contributed by atoms with Crippen LogP contribution in [0.5, 0.6) is 17.2 Å². The van der Waals surface area contributed by atoms with E-state index in [0.29, 0.717) is 34.9 Å². The second-order valence-electron chi connectivity index (χ2n) is 9.21. The van der Waals surface area contributed by atoms with Gasteiger partial charge in [0.1, 0.15) is 23.3 Å². The van der Waals surface area contributed by atoms with Crippen LogP contribution in [0.25, 0.3) is 11.0 Å². The molecule has 0 spiro atoms. The maximum absolute atomic E-state index is 13.9. The van der Waals surface area contributed by atoms with Gasteiger partial charge in [-0.3, -0.25) is 9.59 Å². The third kappa shape index (κ3) is 4.84. The zero-order valence-corrected chi connectivity index (χ0v) is 21.5. The lowest BCUT2D eigenvalue weighted by Gasteiger charge is -2.39. The molecule has 1 aliphatic heterocycles. The highest BCUT2D eigenvalue weighted by Crippen LogP contribution is 2.35. The second-order valence-corrected chi connectivity index (χ2v) is 9.21. The lowest BCUT2D eigenvalue weighted by atomic mass is 9.93. The van der Waals surface area contributed by atoms with Crippen molar-refractivity contribution in [1.82, 2.24) is 19.9 Å². The molecule has 1 aromatic heterocycles. The predicted octanol–water partition coefficient (Wildman–Crippen LogP) is 4.00. The number of carbonyl (C=O) groups is 2. The van der Waals surface area contributed by atoms with Crippen LogP contribution in [-0.2, 0) is 22.7 Å². The van der Waals surface area contributed by atoms with Crippen LogP contribution in [0.2, 0.25) is 0 Å². The molecule has 0 saturated heterocycles. The monoisotopic (exact) mass is 515 g/mol. The first-order valence-corrected chi connectivity index (χ1v) is 12.3. The number of rotatable bonds is 9. The van der Waals surface area contributed by atoms with Crippen LogP contribution in [0.15, 0.2) is 66.7 Å². The van der Waals surface area contributed by atoms with E-state index in [4.69, 9.17) is 14.2 Å². The molecule has 10 nitrogen and oxygen atoms in total. The Labute approximate surface area is 220 Å². The molecule has 1 N–H and O–H groups in total. The first kappa shape index (κ1) is 25.1. The first-order valence-electron chi connectivity index (χ1n) is 12.3. The van der Waals surface area contributed by atoms with Gasteiger partial charge in [0, 0.05) is 18.3 Å². The smallest absolute Gasteiger partial charge is 0.250 e. The van der Waals surface area contributed by atoms with E-state index in [1.807, 2.05) is 55.5 Å². The highest BCUT2D eigenvalue weighted by molar-refractivity contribution is 6.00. The normalized spacial score (nSPS) is 13.7. The van der Waals surface area contributed by atoms with Gasteiger partial charge in [0.15, 0.2) is 11.5 Å². The zero-order valence-electron chi connectivity index (χ0n) is 21.5. The summed E-state index contributed by atoms with van der Waals surface area (Å²) in [5, 5.41) is 11.3. The molecule has 3 aromatic carbocycles. The standard InChI is InChI=1S/C28H29N5O5/c1-4-28(2,27(35)29-20-11-14-24-25(15-20)38-18-37-24)32(16-19-9-12-21(36-3)13-10-19)26(34)17-33-23-8-6-5-7-22(23)30-31-33/h5-15H,4,16-18H2,1-3H3,(H,29,35). The number of ether oxygens (including phenoxy) is 3. The number of anilines is 1. The summed E-state index contributed by atoms with van der Waals surface area (Å²) >= 11 is 0. The van der Waals surface area contributed by atoms with Crippen LogP contribution >= 0.6 is 0 Å². The topological polar surface area (TPSA) is 108 Å². The van der Waals surface area contributed by atoms with Crippen LogP contribution in [-0.4, -0.2) is 51.1 Å². The van der Waals surface area contributed by atoms with Crippen molar-refractivity contribution in [2.24, 2.45) is 0 Å². The van der Waals surface area contributed by atoms with Crippen LogP contribution in [0, 0.1) is 0 Å². The molecule has 5 rings (SSSR count). The molecular formula is C28H29N5O5. The molecule has 0 radical (unpaired) electrons. The van der Waals surface area contributed by atoms with Crippen LogP contribution < -0.4 is 19.5 Å². The molecule has 0 fully saturated rings. The van der Waals surface area contributed by atoms with E-state index in [0.717, 1.165) is 11.1 Å². The van der Waals surface area contributed by atoms with Crippen molar-refractivity contribution in [3.63, 3.8) is 0 Å². The minimum absolute atomic E-state index is 0.0659. The van der Waals surface area contributed by atoms with Crippen molar-refractivity contribution >= 4 is 28.5 Å². The maximum atomic E-state index is 13.9. The molecule has 2 amide bonds. The van der Waals surface area contributed by atoms with E-state index in [9.17, 15) is 9.59 Å². The Kier molecular flexibility index (Phi) is 6.87. The summed E-state index contributed by atoms with van der Waals surface area (Å²) in [7, 11) is 1.60. The number of carbonyl (C=O) groups excluding carboxylic acids is 2. The van der Waals surface area contributed by atoms with Crippen molar-refractivity contribution in [2.45, 2.75) is 38.9 Å². The molecule has 0 saturated carbocycles. The Bertz CT molecular complexity index is 1470. The average molecular weight is 516 g/mol. The number of aromatic nitrogens is 3. The minimum Gasteiger partial charge on any atom is -0.497 e. The van der Waals surface area contributed by atoms with E-state index in [2.05, 4.69) is 15.6 Å². The van der Waals surface area contributed by atoms with E-state index in [1.165, 1.54) is 0 Å². The summed E-state index contributed by atoms with van der Waals surface area (Å²) in [4.78, 5) is 29.3. The average Bonchev–Trinajstić information content (AvgIpc) is 3.58. The number of fused-ring (bicyclic) bond motifs is 2. The van der Waals surface area contributed by atoms with E-state index in [1.54, 1.807) is 41.8 Å². The van der Waals surface area contributed by atoms with Gasteiger partial charge >= 0.3 is 0 Å². The van der Waals surface area contributed by atoms with Gasteiger partial charge < -0.3 is 24.4 Å². The number of hydrogen-bond acceptors (Lipinski definition) is 7. The SMILES string of the molecule is CCC(C)(C(=O)Nc1ccc2c(c1)OCO2)N(Cc1ccc(OC)cc1)C(=O)Cn1nnc2ccccc21. The van der Waals surface area contributed by atoms with Crippen molar-refractivity contribution in [3.05, 3.63) is 72.3 Å². The molecule has 1 aliphatic rings. The highest BCUT2D eigenvalue weighted by Gasteiger charge is 2.41. The third-order valence-corrected chi connectivity index (χ3v) is 6.91. The van der Waals surface area contributed by atoms with Gasteiger partial charge in [-0.2, -0.15) is 0 Å². The summed E-state index contributed by atoms with van der Waals surface area (Å²) in [5.74, 6) is 1.31. The quantitative estimate of drug-likeness (QED) is 0.359. The number of hydrogen-bond donors (Lipinski definition) is 1. The highest BCUT2D eigenvalue weighted by atomic mass is 16.7. The Morgan fingerprint density at radius 1 is 1.08 bits per heavy atom. The largest absolute Gasteiger partial charge is 0.497 e. The summed E-state index contributed by atoms with van der Waals surface area (Å²) < 4.78 is 17.7. The van der Waals surface area contributed by atoms with Crippen molar-refractivity contribution in [2.75, 3.05) is 19.2 Å². The van der Waals surface area contributed by atoms with Crippen LogP contribution in [0.3, 0.4) is 0 Å². The van der Waals surface area contributed by atoms with Gasteiger partial charge in [-0.1, -0.05) is 36.4 Å². The molecule has 1 atom stereocenters. The molecule has 4 aromatic rings. The third-order valence-electron chi connectivity index (χ3n) is 6.91. The Balaban J connectivity index is 1.45. The molecular weight excluding hydrogens is 486 g/mol. The molecule has 196 valence electrons. The fourth-order valence-electron chi connectivity index (χ4n) is 4.41. The number of methoxy groups -OCH3 is 1. The molecule has 38 heavy (non-hydrogen) atoms. The lowest BCUT2D eigenvalue weighted by Crippen LogP contribution is -2.57. The summed E-state index contributed by atoms with van der Waals surface area (Å²) in [6.45, 7) is 3.95. The summed E-state index contributed by atoms with van der Waals surface area (Å²) in [6, 6.07) is 20.1. The molecule has 0 aliphatic carbocycles. The minimum atomic E-state index is -1.18. The second kappa shape index (κ2) is 10.4. The predicted molar refractivity (Wildman–Crippen MR) is 141 cm³/mol. The van der Waals surface area contributed by atoms with Gasteiger partial charge in [-0.05, 0) is 55.3 Å². The Morgan fingerprint density at radius 2 is 1.84 bits per heavy atom. The van der Waals surface area contributed by atoms with Gasteiger partial charge in [0.25, 0.3) is 0 Å². The molecule has 0 bridgehead atoms. The number of benzene rings is 3. The number of nitrogens with zero attached hydrogens (tertiary/aromatic N) is 4. The fourth-order valence-corrected chi connectivity index (χ4v) is 4.41. The van der Waals surface area contributed by atoms with Gasteiger partial charge in [0.2, 0.25) is 18.6 Å². The van der Waals surface area contributed by atoms with Crippen molar-refractivity contribution in [1.29, 1.82) is 0 Å². The number of nitrogens with one attached hydrogen (secondary N) is 1. The Hall–Kier alpha value is -4.60. The van der Waals surface area contributed by atoms with E-state index >= 15 is 0 Å². The summed E-state index contributed by atoms with van der Waals surface area (Å²) in [6.07, 6.45) is 0.378. The van der Waals surface area contributed by atoms with Crippen molar-refractivity contribution in [3.8, 4) is 17.2 Å². The van der Waals surface area contributed by atoms with E-state index in [-0.39, 0.29) is 31.7 Å². The zero-order chi connectivity index (χ0) is 26.7. The van der Waals surface area contributed by atoms with E-state index < -0.39 is 5.54 Å². The molecule has 2 heterocycles. The maximum Gasteiger partial charge on any atom is 0.250 e.